The normalized spacial score (nSPS) is 19.4. The summed E-state index contributed by atoms with van der Waals surface area (Å²) in [6.45, 7) is 8.66. The number of hydrogen-bond acceptors (Lipinski definition) is 1. The van der Waals surface area contributed by atoms with Crippen molar-refractivity contribution in [1.82, 2.24) is 0 Å². The Morgan fingerprint density at radius 2 is 1.65 bits per heavy atom. The van der Waals surface area contributed by atoms with Crippen LogP contribution in [-0.2, 0) is 4.79 Å². The Kier molecular flexibility index (Phi) is 4.86. The molecule has 0 bridgehead atoms. The van der Waals surface area contributed by atoms with Gasteiger partial charge in [0, 0.05) is 0 Å². The minimum absolute atomic E-state index is 0.233. The first kappa shape index (κ1) is 15.5. The molecule has 1 aliphatic heterocycles. The number of carbonyl (C=O) groups is 1. The zero-order chi connectivity index (χ0) is 14.8. The van der Waals surface area contributed by atoms with Crippen LogP contribution in [0.3, 0.4) is 0 Å². The van der Waals surface area contributed by atoms with Gasteiger partial charge in [0.05, 0.1) is 0 Å². The molecule has 2 rings (SSSR count). The van der Waals surface area contributed by atoms with Gasteiger partial charge in [0.15, 0.2) is 0 Å². The summed E-state index contributed by atoms with van der Waals surface area (Å²) in [6, 6.07) is 4.28. The first-order chi connectivity index (χ1) is 9.39. The SMILES string of the molecule is Cc1cc(C)c(NC(=O)C[PH]2(C)CCCCC2)c(C)c1. The minimum atomic E-state index is -1.31. The maximum atomic E-state index is 12.4. The van der Waals surface area contributed by atoms with Gasteiger partial charge in [0.1, 0.15) is 0 Å². The van der Waals surface area contributed by atoms with Crippen LogP contribution in [-0.4, -0.2) is 31.1 Å². The Labute approximate surface area is 123 Å². The van der Waals surface area contributed by atoms with Crippen LogP contribution in [0.5, 0.6) is 0 Å². The van der Waals surface area contributed by atoms with Crippen LogP contribution in [0.25, 0.3) is 0 Å². The molecule has 0 saturated carbocycles. The van der Waals surface area contributed by atoms with Gasteiger partial charge in [-0.2, -0.15) is 0 Å². The predicted octanol–water partition coefficient (Wildman–Crippen LogP) is 4.11. The van der Waals surface area contributed by atoms with Crippen LogP contribution in [0.4, 0.5) is 5.69 Å². The molecule has 1 saturated heterocycles. The molecule has 1 aromatic rings. The summed E-state index contributed by atoms with van der Waals surface area (Å²) < 4.78 is 0. The van der Waals surface area contributed by atoms with Crippen molar-refractivity contribution in [2.24, 2.45) is 0 Å². The standard InChI is InChI=1S/C17H28NOP/c1-13-10-14(2)17(15(3)11-13)18-16(19)12-20(4)8-6-5-7-9-20/h10-11,20H,5-9,12H2,1-4H3,(H,18,19). The van der Waals surface area contributed by atoms with E-state index in [1.54, 1.807) is 0 Å². The third-order valence-electron chi connectivity index (χ3n) is 4.59. The van der Waals surface area contributed by atoms with Crippen LogP contribution in [0, 0.1) is 20.8 Å². The van der Waals surface area contributed by atoms with Gasteiger partial charge in [0.25, 0.3) is 0 Å². The number of amides is 1. The van der Waals surface area contributed by atoms with Gasteiger partial charge in [-0.1, -0.05) is 0 Å². The molecule has 1 aliphatic rings. The Morgan fingerprint density at radius 3 is 2.20 bits per heavy atom. The van der Waals surface area contributed by atoms with Crippen molar-refractivity contribution in [2.45, 2.75) is 40.0 Å². The fourth-order valence-electron chi connectivity index (χ4n) is 3.53. The van der Waals surface area contributed by atoms with Crippen molar-refractivity contribution in [3.8, 4) is 0 Å². The molecule has 1 aromatic carbocycles. The van der Waals surface area contributed by atoms with Crippen LogP contribution in [0.1, 0.15) is 36.0 Å². The van der Waals surface area contributed by atoms with E-state index in [1.807, 2.05) is 0 Å². The van der Waals surface area contributed by atoms with Crippen LogP contribution in [0.2, 0.25) is 0 Å². The van der Waals surface area contributed by atoms with Gasteiger partial charge in [-0.3, -0.25) is 0 Å². The average Bonchev–Trinajstić information content (AvgIpc) is 2.34. The molecule has 1 amide bonds. The van der Waals surface area contributed by atoms with E-state index in [4.69, 9.17) is 0 Å². The van der Waals surface area contributed by atoms with E-state index in [-0.39, 0.29) is 5.91 Å². The average molecular weight is 293 g/mol. The van der Waals surface area contributed by atoms with Gasteiger partial charge in [0.2, 0.25) is 0 Å². The summed E-state index contributed by atoms with van der Waals surface area (Å²) in [5, 5.41) is 3.17. The van der Waals surface area contributed by atoms with Crippen molar-refractivity contribution in [3.63, 3.8) is 0 Å². The fraction of sp³-hybridized carbons (Fsp3) is 0.588. The molecule has 1 heterocycles. The molecule has 0 aliphatic carbocycles. The molecule has 112 valence electrons. The van der Waals surface area contributed by atoms with E-state index >= 15 is 0 Å². The van der Waals surface area contributed by atoms with E-state index in [1.165, 1.54) is 48.3 Å². The van der Waals surface area contributed by atoms with Crippen LogP contribution >= 0.6 is 7.26 Å². The number of aryl methyl sites for hydroxylation is 3. The molecule has 3 heteroatoms. The van der Waals surface area contributed by atoms with Crippen molar-refractivity contribution in [3.05, 3.63) is 28.8 Å². The van der Waals surface area contributed by atoms with Gasteiger partial charge in [-0.25, -0.2) is 0 Å². The molecule has 20 heavy (non-hydrogen) atoms. The molecule has 0 aromatic heterocycles. The maximum absolute atomic E-state index is 12.4. The second-order valence-electron chi connectivity index (χ2n) is 6.87. The first-order valence-electron chi connectivity index (χ1n) is 7.77. The van der Waals surface area contributed by atoms with Crippen molar-refractivity contribution in [1.29, 1.82) is 0 Å². The van der Waals surface area contributed by atoms with E-state index in [0.29, 0.717) is 0 Å². The fourth-order valence-corrected chi connectivity index (χ4v) is 7.20. The monoisotopic (exact) mass is 293 g/mol. The molecular weight excluding hydrogens is 265 g/mol. The van der Waals surface area contributed by atoms with Gasteiger partial charge < -0.3 is 0 Å². The molecule has 1 fully saturated rings. The van der Waals surface area contributed by atoms with Crippen LogP contribution < -0.4 is 5.32 Å². The van der Waals surface area contributed by atoms with Crippen molar-refractivity contribution >= 4 is 18.9 Å². The van der Waals surface area contributed by atoms with Gasteiger partial charge >= 0.3 is 123 Å². The molecule has 0 unspecified atom stereocenters. The van der Waals surface area contributed by atoms with E-state index < -0.39 is 7.26 Å². The second-order valence-corrected chi connectivity index (χ2v) is 11.8. The molecule has 1 N–H and O–H groups in total. The zero-order valence-electron chi connectivity index (χ0n) is 13.3. The summed E-state index contributed by atoms with van der Waals surface area (Å²) >= 11 is 0. The quantitative estimate of drug-likeness (QED) is 0.835. The second kappa shape index (κ2) is 6.26. The molecule has 0 radical (unpaired) electrons. The molecular formula is C17H28NOP. The summed E-state index contributed by atoms with van der Waals surface area (Å²) in [5.41, 5.74) is 4.62. The number of benzene rings is 1. The molecule has 0 atom stereocenters. The number of carbonyl (C=O) groups excluding carboxylic acids is 1. The third-order valence-corrected chi connectivity index (χ3v) is 8.89. The number of nitrogens with one attached hydrogen (secondary N) is 1. The summed E-state index contributed by atoms with van der Waals surface area (Å²) in [7, 11) is -1.31. The summed E-state index contributed by atoms with van der Waals surface area (Å²) in [6.07, 6.45) is 7.47. The van der Waals surface area contributed by atoms with Crippen molar-refractivity contribution < 1.29 is 4.79 Å². The Hall–Kier alpha value is -0.880. The van der Waals surface area contributed by atoms with E-state index in [2.05, 4.69) is 44.9 Å². The van der Waals surface area contributed by atoms with Crippen LogP contribution in [0.15, 0.2) is 12.1 Å². The number of rotatable bonds is 3. The third kappa shape index (κ3) is 3.82. The summed E-state index contributed by atoms with van der Waals surface area (Å²) in [5.74, 6) is 0.233. The molecule has 2 nitrogen and oxygen atoms in total. The topological polar surface area (TPSA) is 29.1 Å². The summed E-state index contributed by atoms with van der Waals surface area (Å²) in [4.78, 5) is 12.4. The predicted molar refractivity (Wildman–Crippen MR) is 92.0 cm³/mol. The van der Waals surface area contributed by atoms with E-state index in [9.17, 15) is 4.79 Å². The van der Waals surface area contributed by atoms with Gasteiger partial charge in [-0.15, -0.1) is 0 Å². The zero-order valence-corrected chi connectivity index (χ0v) is 14.3. The Balaban J connectivity index is 2.05. The first-order valence-corrected chi connectivity index (χ1v) is 10.9. The number of hydrogen-bond donors (Lipinski definition) is 1. The number of anilines is 1. The molecule has 0 spiro atoms. The Bertz CT molecular complexity index is 481. The van der Waals surface area contributed by atoms with Gasteiger partial charge in [-0.05, 0) is 0 Å². The van der Waals surface area contributed by atoms with E-state index in [0.717, 1.165) is 11.8 Å². The van der Waals surface area contributed by atoms with Crippen molar-refractivity contribution in [2.75, 3.05) is 30.5 Å². The Morgan fingerprint density at radius 1 is 1.10 bits per heavy atom.